The highest BCUT2D eigenvalue weighted by atomic mass is 15.0. The highest BCUT2D eigenvalue weighted by Crippen LogP contribution is 2.53. The van der Waals surface area contributed by atoms with Crippen molar-refractivity contribution in [2.75, 3.05) is 0 Å². The summed E-state index contributed by atoms with van der Waals surface area (Å²) in [5, 5.41) is 7.59. The number of hydrogen-bond acceptors (Lipinski definition) is 0. The number of rotatable bonds is 3. The van der Waals surface area contributed by atoms with Crippen LogP contribution in [0.2, 0.25) is 0 Å². The van der Waals surface area contributed by atoms with Crippen LogP contribution < -0.4 is 0 Å². The van der Waals surface area contributed by atoms with Crippen molar-refractivity contribution < 1.29 is 0 Å². The number of nitrogens with zero attached hydrogens (tertiary/aromatic N) is 2. The Morgan fingerprint density at radius 2 is 1.04 bits per heavy atom. The molecular formula is C49H34N2. The third-order valence-electron chi connectivity index (χ3n) is 11.5. The van der Waals surface area contributed by atoms with E-state index < -0.39 is 0 Å². The molecule has 2 nitrogen and oxygen atoms in total. The van der Waals surface area contributed by atoms with Gasteiger partial charge in [0.2, 0.25) is 0 Å². The lowest BCUT2D eigenvalue weighted by Crippen LogP contribution is -2.14. The van der Waals surface area contributed by atoms with Crippen LogP contribution in [-0.4, -0.2) is 9.13 Å². The van der Waals surface area contributed by atoms with E-state index in [1.807, 2.05) is 0 Å². The minimum Gasteiger partial charge on any atom is -0.309 e. The van der Waals surface area contributed by atoms with Gasteiger partial charge in [-0.1, -0.05) is 129 Å². The molecule has 0 amide bonds. The molecular weight excluding hydrogens is 617 g/mol. The lowest BCUT2D eigenvalue weighted by atomic mass is 9.82. The van der Waals surface area contributed by atoms with Gasteiger partial charge in [0.25, 0.3) is 0 Å². The maximum atomic E-state index is 2.52. The smallest absolute Gasteiger partial charge is 0.0622 e. The van der Waals surface area contributed by atoms with Crippen LogP contribution in [0, 0.1) is 0 Å². The Morgan fingerprint density at radius 1 is 0.392 bits per heavy atom. The third-order valence-corrected chi connectivity index (χ3v) is 11.5. The van der Waals surface area contributed by atoms with Gasteiger partial charge >= 0.3 is 0 Å². The van der Waals surface area contributed by atoms with Gasteiger partial charge in [0.1, 0.15) is 0 Å². The van der Waals surface area contributed by atoms with Crippen LogP contribution in [-0.2, 0) is 5.41 Å². The molecule has 0 saturated carbocycles. The van der Waals surface area contributed by atoms with Crippen LogP contribution in [0.4, 0.5) is 0 Å². The Bertz CT molecular complexity index is 3040. The maximum absolute atomic E-state index is 2.52. The molecule has 0 unspecified atom stereocenters. The number of hydrogen-bond donors (Lipinski definition) is 0. The topological polar surface area (TPSA) is 9.86 Å². The molecule has 1 aliphatic rings. The largest absolute Gasteiger partial charge is 0.309 e. The minimum absolute atomic E-state index is 0.0791. The Labute approximate surface area is 296 Å². The summed E-state index contributed by atoms with van der Waals surface area (Å²) < 4.78 is 4.91. The van der Waals surface area contributed by atoms with E-state index in [0.29, 0.717) is 0 Å². The maximum Gasteiger partial charge on any atom is 0.0622 e. The normalized spacial score (nSPS) is 13.5. The van der Waals surface area contributed by atoms with Crippen LogP contribution in [0.15, 0.2) is 170 Å². The first-order valence-electron chi connectivity index (χ1n) is 17.9. The molecule has 2 aromatic heterocycles. The van der Waals surface area contributed by atoms with E-state index in [2.05, 4.69) is 193 Å². The van der Waals surface area contributed by atoms with Crippen molar-refractivity contribution >= 4 is 54.4 Å². The van der Waals surface area contributed by atoms with Gasteiger partial charge in [-0.25, -0.2) is 0 Å². The zero-order valence-electron chi connectivity index (χ0n) is 28.6. The standard InChI is InChI=1S/C49H34N2/c1-49(2)42-18-10-8-17-39(42)47-43(49)25-24-38-41-30-34(22-27-46(41)51(48(38)47)36-23-20-31-12-6-7-13-32(31)28-36)33-21-26-45-40(29-33)37-16-9-11-19-44(37)50(45)35-14-4-3-5-15-35/h3-30H,1-2H3. The molecule has 0 aliphatic heterocycles. The van der Waals surface area contributed by atoms with Gasteiger partial charge in [0, 0.05) is 43.9 Å². The minimum atomic E-state index is -0.0791. The van der Waals surface area contributed by atoms with Gasteiger partial charge in [-0.15, -0.1) is 0 Å². The predicted octanol–water partition coefficient (Wildman–Crippen LogP) is 13.0. The van der Waals surface area contributed by atoms with E-state index in [-0.39, 0.29) is 5.41 Å². The first kappa shape index (κ1) is 28.5. The quantitative estimate of drug-likeness (QED) is 0.180. The summed E-state index contributed by atoms with van der Waals surface area (Å²) in [5.41, 5.74) is 15.2. The van der Waals surface area contributed by atoms with Crippen LogP contribution >= 0.6 is 0 Å². The molecule has 1 aliphatic carbocycles. The van der Waals surface area contributed by atoms with Crippen molar-refractivity contribution in [3.8, 4) is 33.6 Å². The monoisotopic (exact) mass is 650 g/mol. The molecule has 2 heteroatoms. The predicted molar refractivity (Wildman–Crippen MR) is 216 cm³/mol. The van der Waals surface area contributed by atoms with E-state index >= 15 is 0 Å². The van der Waals surface area contributed by atoms with E-state index in [1.54, 1.807) is 0 Å². The summed E-state index contributed by atoms with van der Waals surface area (Å²) in [4.78, 5) is 0. The molecule has 0 saturated heterocycles. The third kappa shape index (κ3) is 3.93. The zero-order valence-corrected chi connectivity index (χ0v) is 28.6. The van der Waals surface area contributed by atoms with E-state index in [9.17, 15) is 0 Å². The summed E-state index contributed by atoms with van der Waals surface area (Å²) in [7, 11) is 0. The van der Waals surface area contributed by atoms with E-state index in [1.165, 1.54) is 99.1 Å². The fourth-order valence-electron chi connectivity index (χ4n) is 9.06. The van der Waals surface area contributed by atoms with Crippen molar-refractivity contribution in [3.63, 3.8) is 0 Å². The lowest BCUT2D eigenvalue weighted by Gasteiger charge is -2.21. The SMILES string of the molecule is CC1(C)c2ccccc2-c2c1ccc1c3cc(-c4ccc5c(c4)c4ccccc4n5-c4ccccc4)ccc3n(-c3ccc4ccccc4c3)c21. The van der Waals surface area contributed by atoms with E-state index in [4.69, 9.17) is 0 Å². The van der Waals surface area contributed by atoms with Crippen molar-refractivity contribution in [1.29, 1.82) is 0 Å². The molecule has 10 aromatic rings. The molecule has 2 heterocycles. The van der Waals surface area contributed by atoms with Crippen LogP contribution in [0.25, 0.3) is 88.0 Å². The van der Waals surface area contributed by atoms with Crippen LogP contribution in [0.3, 0.4) is 0 Å². The zero-order chi connectivity index (χ0) is 33.8. The van der Waals surface area contributed by atoms with Crippen molar-refractivity contribution in [2.24, 2.45) is 0 Å². The van der Waals surface area contributed by atoms with Gasteiger partial charge in [0.05, 0.1) is 22.1 Å². The van der Waals surface area contributed by atoms with E-state index in [0.717, 1.165) is 0 Å². The molecule has 0 radical (unpaired) electrons. The number of aromatic nitrogens is 2. The summed E-state index contributed by atoms with van der Waals surface area (Å²) >= 11 is 0. The first-order valence-corrected chi connectivity index (χ1v) is 17.9. The highest BCUT2D eigenvalue weighted by Gasteiger charge is 2.37. The number of benzene rings is 8. The van der Waals surface area contributed by atoms with Gasteiger partial charge in [-0.05, 0) is 93.2 Å². The number of fused-ring (bicyclic) bond motifs is 11. The lowest BCUT2D eigenvalue weighted by molar-refractivity contribution is 0.661. The summed E-state index contributed by atoms with van der Waals surface area (Å²) in [6.07, 6.45) is 0. The Morgan fingerprint density at radius 3 is 1.86 bits per heavy atom. The molecule has 0 fully saturated rings. The summed E-state index contributed by atoms with van der Waals surface area (Å²) in [6.45, 7) is 4.74. The van der Waals surface area contributed by atoms with Gasteiger partial charge in [-0.2, -0.15) is 0 Å². The van der Waals surface area contributed by atoms with Crippen molar-refractivity contribution in [2.45, 2.75) is 19.3 Å². The second kappa shape index (κ2) is 10.3. The Balaban J connectivity index is 1.19. The summed E-state index contributed by atoms with van der Waals surface area (Å²) in [5.74, 6) is 0. The average Bonchev–Trinajstić information content (AvgIpc) is 3.77. The molecule has 0 N–H and O–H groups in total. The molecule has 11 rings (SSSR count). The fraction of sp³-hybridized carbons (Fsp3) is 0.0612. The second-order valence-electron chi connectivity index (χ2n) is 14.6. The molecule has 0 atom stereocenters. The van der Waals surface area contributed by atoms with Gasteiger partial charge in [-0.3, -0.25) is 0 Å². The first-order chi connectivity index (χ1) is 25.1. The van der Waals surface area contributed by atoms with Crippen LogP contribution in [0.5, 0.6) is 0 Å². The molecule has 8 aromatic carbocycles. The van der Waals surface area contributed by atoms with Gasteiger partial charge < -0.3 is 9.13 Å². The molecule has 0 spiro atoms. The Hall–Kier alpha value is -6.38. The van der Waals surface area contributed by atoms with Crippen LogP contribution in [0.1, 0.15) is 25.0 Å². The van der Waals surface area contributed by atoms with Gasteiger partial charge in [0.15, 0.2) is 0 Å². The van der Waals surface area contributed by atoms with Crippen molar-refractivity contribution in [3.05, 3.63) is 181 Å². The van der Waals surface area contributed by atoms with Crippen molar-refractivity contribution in [1.82, 2.24) is 9.13 Å². The molecule has 240 valence electrons. The average molecular weight is 651 g/mol. The second-order valence-corrected chi connectivity index (χ2v) is 14.6. The fourth-order valence-corrected chi connectivity index (χ4v) is 9.06. The Kier molecular flexibility index (Phi) is 5.76. The number of para-hydroxylation sites is 2. The highest BCUT2D eigenvalue weighted by molar-refractivity contribution is 6.17. The summed E-state index contributed by atoms with van der Waals surface area (Å²) in [6, 6.07) is 62.8. The molecule has 51 heavy (non-hydrogen) atoms. The molecule has 0 bridgehead atoms.